The Morgan fingerprint density at radius 1 is 0.532 bits per heavy atom. The summed E-state index contributed by atoms with van der Waals surface area (Å²) in [4.78, 5) is 0. The van der Waals surface area contributed by atoms with E-state index < -0.39 is 0 Å². The molecule has 0 aliphatic heterocycles. The first-order valence-electron chi connectivity index (χ1n) is 20.4. The van der Waals surface area contributed by atoms with Crippen LogP contribution in [0.5, 0.6) is 0 Å². The van der Waals surface area contributed by atoms with E-state index in [1.807, 2.05) is 0 Å². The van der Waals surface area contributed by atoms with Crippen LogP contribution < -0.4 is 4.57 Å². The topological polar surface area (TPSA) is 8.81 Å². The summed E-state index contributed by atoms with van der Waals surface area (Å²) in [5.41, 5.74) is 4.42. The second-order valence-corrected chi connectivity index (χ2v) is 14.6. The summed E-state index contributed by atoms with van der Waals surface area (Å²) >= 11 is 0. The maximum Gasteiger partial charge on any atom is 0.261 e. The van der Waals surface area contributed by atoms with Crippen LogP contribution >= 0.6 is 0 Å². The van der Waals surface area contributed by atoms with Gasteiger partial charge in [-0.05, 0) is 42.7 Å². The van der Waals surface area contributed by atoms with Crippen molar-refractivity contribution in [1.82, 2.24) is 4.57 Å². The minimum Gasteiger partial charge on any atom is -0.234 e. The minimum atomic E-state index is 0.516. The van der Waals surface area contributed by atoms with E-state index in [2.05, 4.69) is 96.8 Å². The van der Waals surface area contributed by atoms with Crippen LogP contribution in [0.1, 0.15) is 191 Å². The molecule has 0 bridgehead atoms. The smallest absolute Gasteiger partial charge is 0.234 e. The number of benzene rings is 2. The number of imidazole rings is 1. The molecule has 2 nitrogen and oxygen atoms in total. The zero-order valence-corrected chi connectivity index (χ0v) is 31.2. The quantitative estimate of drug-likeness (QED) is 0.0527. The molecular weight excluding hydrogens is 569 g/mol. The summed E-state index contributed by atoms with van der Waals surface area (Å²) in [7, 11) is 0. The molecule has 0 aliphatic rings. The van der Waals surface area contributed by atoms with Crippen LogP contribution in [0.2, 0.25) is 0 Å². The summed E-state index contributed by atoms with van der Waals surface area (Å²) in [6.45, 7) is 9.34. The highest BCUT2D eigenvalue weighted by Crippen LogP contribution is 2.23. The first-order chi connectivity index (χ1) is 23.2. The van der Waals surface area contributed by atoms with Gasteiger partial charge in [-0.2, -0.15) is 0 Å². The van der Waals surface area contributed by atoms with Crippen LogP contribution in [0.3, 0.4) is 0 Å². The van der Waals surface area contributed by atoms with Crippen molar-refractivity contribution in [3.05, 3.63) is 89.5 Å². The van der Waals surface area contributed by atoms with Gasteiger partial charge in [0, 0.05) is 6.42 Å². The Balaban J connectivity index is 1.59. The molecule has 262 valence electrons. The van der Waals surface area contributed by atoms with Gasteiger partial charge in [-0.25, -0.2) is 9.13 Å². The minimum absolute atomic E-state index is 0.516. The van der Waals surface area contributed by atoms with Crippen LogP contribution in [-0.4, -0.2) is 4.57 Å². The third kappa shape index (κ3) is 16.5. The van der Waals surface area contributed by atoms with Crippen LogP contribution in [-0.2, 0) is 25.9 Å². The predicted octanol–water partition coefficient (Wildman–Crippen LogP) is 13.3. The van der Waals surface area contributed by atoms with E-state index in [9.17, 15) is 0 Å². The van der Waals surface area contributed by atoms with Crippen molar-refractivity contribution in [3.8, 4) is 0 Å². The molecule has 0 aliphatic carbocycles. The van der Waals surface area contributed by atoms with E-state index in [4.69, 9.17) is 0 Å². The van der Waals surface area contributed by atoms with Gasteiger partial charge in [0.2, 0.25) is 0 Å². The number of hydrogen-bond donors (Lipinski definition) is 0. The van der Waals surface area contributed by atoms with Crippen molar-refractivity contribution in [2.24, 2.45) is 0 Å². The Labute approximate surface area is 291 Å². The lowest BCUT2D eigenvalue weighted by Gasteiger charge is -2.12. The third-order valence-electron chi connectivity index (χ3n) is 10.4. The summed E-state index contributed by atoms with van der Waals surface area (Å²) in [6, 6.07) is 22.4. The molecule has 0 N–H and O–H groups in total. The Morgan fingerprint density at radius 2 is 0.979 bits per heavy atom. The zero-order valence-electron chi connectivity index (χ0n) is 31.2. The van der Waals surface area contributed by atoms with Crippen molar-refractivity contribution in [1.29, 1.82) is 0 Å². The van der Waals surface area contributed by atoms with Gasteiger partial charge in [0.1, 0.15) is 11.9 Å². The van der Waals surface area contributed by atoms with E-state index in [1.54, 1.807) is 0 Å². The second kappa shape index (κ2) is 25.6. The van der Waals surface area contributed by atoms with Crippen LogP contribution in [0.25, 0.3) is 0 Å². The average molecular weight is 642 g/mol. The molecule has 1 aromatic heterocycles. The molecule has 47 heavy (non-hydrogen) atoms. The highest BCUT2D eigenvalue weighted by molar-refractivity contribution is 5.22. The largest absolute Gasteiger partial charge is 0.261 e. The van der Waals surface area contributed by atoms with Crippen molar-refractivity contribution >= 4 is 0 Å². The molecule has 2 aromatic carbocycles. The molecule has 0 radical (unpaired) electrons. The summed E-state index contributed by atoms with van der Waals surface area (Å²) in [5.74, 6) is 2.03. The fourth-order valence-electron chi connectivity index (χ4n) is 7.34. The van der Waals surface area contributed by atoms with Gasteiger partial charge < -0.3 is 0 Å². The van der Waals surface area contributed by atoms with E-state index in [0.717, 1.165) is 25.9 Å². The van der Waals surface area contributed by atoms with Gasteiger partial charge in [0.15, 0.2) is 0 Å². The zero-order chi connectivity index (χ0) is 33.2. The monoisotopic (exact) mass is 642 g/mol. The van der Waals surface area contributed by atoms with Gasteiger partial charge in [-0.3, -0.25) is 0 Å². The van der Waals surface area contributed by atoms with Crippen molar-refractivity contribution in [3.63, 3.8) is 0 Å². The first kappa shape index (κ1) is 39.1. The first-order valence-corrected chi connectivity index (χ1v) is 20.4. The molecule has 1 atom stereocenters. The number of unbranched alkanes of at least 4 members (excludes halogenated alkanes) is 20. The third-order valence-corrected chi connectivity index (χ3v) is 10.4. The van der Waals surface area contributed by atoms with Gasteiger partial charge in [0.25, 0.3) is 5.82 Å². The molecule has 0 saturated heterocycles. The molecule has 0 amide bonds. The molecule has 0 saturated carbocycles. The van der Waals surface area contributed by atoms with Crippen molar-refractivity contribution < 1.29 is 4.57 Å². The molecule has 1 unspecified atom stereocenters. The summed E-state index contributed by atoms with van der Waals surface area (Å²) in [5, 5.41) is 0. The van der Waals surface area contributed by atoms with Gasteiger partial charge in [-0.1, -0.05) is 197 Å². The van der Waals surface area contributed by atoms with Crippen molar-refractivity contribution in [2.45, 2.75) is 194 Å². The number of aryl methyl sites for hydroxylation is 1. The predicted molar refractivity (Wildman–Crippen MR) is 205 cm³/mol. The number of hydrogen-bond acceptors (Lipinski definition) is 0. The van der Waals surface area contributed by atoms with E-state index in [0.29, 0.717) is 5.92 Å². The summed E-state index contributed by atoms with van der Waals surface area (Å²) in [6.07, 6.45) is 35.4. The molecule has 1 heterocycles. The molecule has 0 spiro atoms. The summed E-state index contributed by atoms with van der Waals surface area (Å²) < 4.78 is 5.41. The highest BCUT2D eigenvalue weighted by atomic mass is 15.2. The number of aromatic nitrogens is 2. The Kier molecular flexibility index (Phi) is 21.3. The Morgan fingerprint density at radius 3 is 1.49 bits per heavy atom. The molecule has 3 rings (SSSR count). The van der Waals surface area contributed by atoms with Gasteiger partial charge >= 0.3 is 0 Å². The van der Waals surface area contributed by atoms with Crippen LogP contribution in [0.15, 0.2) is 66.9 Å². The van der Waals surface area contributed by atoms with E-state index >= 15 is 0 Å². The van der Waals surface area contributed by atoms with Gasteiger partial charge in [0.05, 0.1) is 19.5 Å². The highest BCUT2D eigenvalue weighted by Gasteiger charge is 2.25. The fourth-order valence-corrected chi connectivity index (χ4v) is 7.34. The maximum absolute atomic E-state index is 2.75. The lowest BCUT2D eigenvalue weighted by Crippen LogP contribution is -2.37. The van der Waals surface area contributed by atoms with E-state index in [1.165, 1.54) is 164 Å². The lowest BCUT2D eigenvalue weighted by atomic mass is 9.96. The average Bonchev–Trinajstić information content (AvgIpc) is 3.41. The Hall–Kier alpha value is -2.35. The van der Waals surface area contributed by atoms with Crippen LogP contribution in [0.4, 0.5) is 0 Å². The standard InChI is InChI=1S/C45H73N2/c1-4-6-8-10-12-14-15-16-17-19-21-23-31-37-47-44(38-41(3)43-34-28-25-29-35-43)40-46(45(47)39-42-32-26-24-27-33-42)36-30-22-20-18-13-11-9-7-5-2/h24-29,32-35,40-41H,4-23,30-31,36-39H2,1-3H3/q+1. The molecule has 3 aromatic rings. The maximum atomic E-state index is 2.75. The van der Waals surface area contributed by atoms with Gasteiger partial charge in [-0.15, -0.1) is 0 Å². The molecular formula is C45H73N2+. The lowest BCUT2D eigenvalue weighted by molar-refractivity contribution is -0.704. The number of rotatable bonds is 29. The second-order valence-electron chi connectivity index (χ2n) is 14.6. The van der Waals surface area contributed by atoms with Crippen molar-refractivity contribution in [2.75, 3.05) is 0 Å². The molecule has 2 heteroatoms. The Bertz CT molecular complexity index is 1130. The van der Waals surface area contributed by atoms with Crippen LogP contribution in [0, 0.1) is 0 Å². The normalized spacial score (nSPS) is 12.1. The fraction of sp³-hybridized carbons (Fsp3) is 0.667. The number of nitrogens with zero attached hydrogens (tertiary/aromatic N) is 2. The van der Waals surface area contributed by atoms with E-state index in [-0.39, 0.29) is 0 Å². The SMILES string of the molecule is CCCCCCCCCCCCCCCn1c(CC(C)c2ccccc2)c[n+](CCCCCCCCCCC)c1Cc1ccccc1. The molecule has 0 fully saturated rings.